The lowest BCUT2D eigenvalue weighted by Crippen LogP contribution is -2.29. The van der Waals surface area contributed by atoms with Crippen LogP contribution in [0.3, 0.4) is 0 Å². The second-order valence-electron chi connectivity index (χ2n) is 7.35. The summed E-state index contributed by atoms with van der Waals surface area (Å²) in [6.07, 6.45) is 4.27. The molecule has 3 N–H and O–H groups in total. The molecule has 0 aromatic heterocycles. The molecule has 152 valence electrons. The molecule has 2 aliphatic rings. The number of carbonyl (C=O) groups is 2. The lowest BCUT2D eigenvalue weighted by molar-refractivity contribution is 0.0951. The molecule has 0 radical (unpaired) electrons. The molecular formula is C21H22Cl2N4O2. The summed E-state index contributed by atoms with van der Waals surface area (Å²) in [5.74, 6) is -0.101. The minimum Gasteiger partial charge on any atom is -0.371 e. The molecule has 1 heterocycles. The maximum atomic E-state index is 12.8. The predicted octanol–water partition coefficient (Wildman–Crippen LogP) is 5.13. The van der Waals surface area contributed by atoms with Gasteiger partial charge in [0, 0.05) is 30.5 Å². The fraction of sp³-hybridized carbons (Fsp3) is 0.333. The topological polar surface area (TPSA) is 73.5 Å². The van der Waals surface area contributed by atoms with Crippen molar-refractivity contribution in [2.45, 2.75) is 31.7 Å². The van der Waals surface area contributed by atoms with Crippen LogP contribution in [0.15, 0.2) is 36.4 Å². The van der Waals surface area contributed by atoms with E-state index in [1.807, 2.05) is 6.07 Å². The quantitative estimate of drug-likeness (QED) is 0.612. The first-order valence-electron chi connectivity index (χ1n) is 9.73. The van der Waals surface area contributed by atoms with E-state index in [4.69, 9.17) is 23.2 Å². The number of nitrogens with one attached hydrogen (secondary N) is 3. The third kappa shape index (κ3) is 4.77. The van der Waals surface area contributed by atoms with Gasteiger partial charge in [0.25, 0.3) is 5.91 Å². The minimum atomic E-state index is -0.461. The van der Waals surface area contributed by atoms with E-state index in [9.17, 15) is 9.59 Å². The fourth-order valence-corrected chi connectivity index (χ4v) is 3.75. The van der Waals surface area contributed by atoms with Gasteiger partial charge in [-0.1, -0.05) is 29.3 Å². The van der Waals surface area contributed by atoms with E-state index in [-0.39, 0.29) is 17.0 Å². The second kappa shape index (κ2) is 8.51. The van der Waals surface area contributed by atoms with Gasteiger partial charge in [0.05, 0.1) is 21.3 Å². The van der Waals surface area contributed by atoms with Crippen LogP contribution in [-0.4, -0.2) is 31.1 Å². The Balaban J connectivity index is 1.52. The van der Waals surface area contributed by atoms with Crippen molar-refractivity contribution in [3.05, 3.63) is 52.0 Å². The number of rotatable bonds is 5. The molecule has 0 atom stereocenters. The third-order valence-corrected chi connectivity index (χ3v) is 5.88. The molecule has 0 spiro atoms. The number of halogens is 2. The zero-order valence-electron chi connectivity index (χ0n) is 15.8. The van der Waals surface area contributed by atoms with Crippen LogP contribution in [0.4, 0.5) is 21.9 Å². The van der Waals surface area contributed by atoms with Gasteiger partial charge in [0.15, 0.2) is 0 Å². The van der Waals surface area contributed by atoms with Gasteiger partial charge in [-0.05, 0) is 56.0 Å². The summed E-state index contributed by atoms with van der Waals surface area (Å²) in [7, 11) is 0. The van der Waals surface area contributed by atoms with Crippen LogP contribution >= 0.6 is 23.2 Å². The van der Waals surface area contributed by atoms with E-state index in [1.165, 1.54) is 0 Å². The van der Waals surface area contributed by atoms with E-state index in [1.54, 1.807) is 30.3 Å². The van der Waals surface area contributed by atoms with Crippen LogP contribution < -0.4 is 20.9 Å². The van der Waals surface area contributed by atoms with Gasteiger partial charge in [0.1, 0.15) is 0 Å². The smallest absolute Gasteiger partial charge is 0.323 e. The Bertz CT molecular complexity index is 940. The van der Waals surface area contributed by atoms with E-state index < -0.39 is 6.03 Å². The van der Waals surface area contributed by atoms with Crippen molar-refractivity contribution in [3.8, 4) is 0 Å². The van der Waals surface area contributed by atoms with Crippen LogP contribution in [0.5, 0.6) is 0 Å². The molecule has 0 unspecified atom stereocenters. The Morgan fingerprint density at radius 2 is 1.76 bits per heavy atom. The highest BCUT2D eigenvalue weighted by atomic mass is 35.5. The summed E-state index contributed by atoms with van der Waals surface area (Å²) in [5.41, 5.74) is 2.43. The van der Waals surface area contributed by atoms with Crippen molar-refractivity contribution < 1.29 is 9.59 Å². The first kappa shape index (κ1) is 19.9. The predicted molar refractivity (Wildman–Crippen MR) is 117 cm³/mol. The number of nitrogens with zero attached hydrogens (tertiary/aromatic N) is 1. The Labute approximate surface area is 179 Å². The molecule has 1 aliphatic carbocycles. The number of carbonyl (C=O) groups excluding carboxylic acids is 2. The van der Waals surface area contributed by atoms with Crippen molar-refractivity contribution in [1.82, 2.24) is 5.32 Å². The number of hydrogen-bond acceptors (Lipinski definition) is 3. The van der Waals surface area contributed by atoms with Crippen molar-refractivity contribution in [2.24, 2.45) is 0 Å². The number of hydrogen-bond donors (Lipinski definition) is 3. The van der Waals surface area contributed by atoms with Gasteiger partial charge in [-0.25, -0.2) is 4.79 Å². The average Bonchev–Trinajstić information content (AvgIpc) is 3.34. The van der Waals surface area contributed by atoms with E-state index in [2.05, 4.69) is 20.9 Å². The molecule has 2 aromatic rings. The highest BCUT2D eigenvalue weighted by Crippen LogP contribution is 2.31. The molecule has 2 fully saturated rings. The summed E-state index contributed by atoms with van der Waals surface area (Å²) in [4.78, 5) is 27.4. The molecule has 1 saturated heterocycles. The Kier molecular flexibility index (Phi) is 5.83. The van der Waals surface area contributed by atoms with Gasteiger partial charge in [-0.15, -0.1) is 0 Å². The Morgan fingerprint density at radius 3 is 2.48 bits per heavy atom. The van der Waals surface area contributed by atoms with Gasteiger partial charge in [-0.3, -0.25) is 4.79 Å². The molecule has 4 rings (SSSR count). The van der Waals surface area contributed by atoms with Crippen LogP contribution in [0.1, 0.15) is 36.0 Å². The second-order valence-corrected chi connectivity index (χ2v) is 8.14. The lowest BCUT2D eigenvalue weighted by atomic mass is 10.1. The van der Waals surface area contributed by atoms with Crippen LogP contribution in [-0.2, 0) is 0 Å². The zero-order chi connectivity index (χ0) is 20.4. The molecule has 8 heteroatoms. The van der Waals surface area contributed by atoms with Crippen LogP contribution in [0.25, 0.3) is 0 Å². The summed E-state index contributed by atoms with van der Waals surface area (Å²) in [6, 6.07) is 10.2. The summed E-state index contributed by atoms with van der Waals surface area (Å²) in [5, 5.41) is 9.13. The monoisotopic (exact) mass is 432 g/mol. The molecule has 29 heavy (non-hydrogen) atoms. The largest absolute Gasteiger partial charge is 0.371 e. The first-order valence-corrected chi connectivity index (χ1v) is 10.5. The van der Waals surface area contributed by atoms with Gasteiger partial charge >= 0.3 is 6.03 Å². The maximum Gasteiger partial charge on any atom is 0.323 e. The Morgan fingerprint density at radius 1 is 1.00 bits per heavy atom. The highest BCUT2D eigenvalue weighted by molar-refractivity contribution is 6.44. The van der Waals surface area contributed by atoms with E-state index in [0.29, 0.717) is 22.0 Å². The normalized spacial score (nSPS) is 15.9. The molecule has 3 amide bonds. The maximum absolute atomic E-state index is 12.8. The molecule has 2 aromatic carbocycles. The molecular weight excluding hydrogens is 411 g/mol. The fourth-order valence-electron chi connectivity index (χ4n) is 3.41. The summed E-state index contributed by atoms with van der Waals surface area (Å²) < 4.78 is 0. The van der Waals surface area contributed by atoms with Crippen LogP contribution in [0.2, 0.25) is 10.0 Å². The SMILES string of the molecule is O=C(Nc1ccc(N2CCCC2)c(C(=O)NC2CC2)c1)Nc1cccc(Cl)c1Cl. The first-order chi connectivity index (χ1) is 14.0. The van der Waals surface area contributed by atoms with Crippen molar-refractivity contribution in [3.63, 3.8) is 0 Å². The molecule has 1 aliphatic heterocycles. The summed E-state index contributed by atoms with van der Waals surface area (Å²) in [6.45, 7) is 1.87. The van der Waals surface area contributed by atoms with E-state index in [0.717, 1.165) is 44.5 Å². The van der Waals surface area contributed by atoms with Gasteiger partial charge in [0.2, 0.25) is 0 Å². The molecule has 1 saturated carbocycles. The number of amides is 3. The lowest BCUT2D eigenvalue weighted by Gasteiger charge is -2.22. The minimum absolute atomic E-state index is 0.101. The van der Waals surface area contributed by atoms with Crippen molar-refractivity contribution in [1.29, 1.82) is 0 Å². The van der Waals surface area contributed by atoms with Gasteiger partial charge in [-0.2, -0.15) is 0 Å². The van der Waals surface area contributed by atoms with E-state index >= 15 is 0 Å². The number of anilines is 3. The average molecular weight is 433 g/mol. The molecule has 6 nitrogen and oxygen atoms in total. The third-order valence-electron chi connectivity index (χ3n) is 5.06. The number of urea groups is 1. The highest BCUT2D eigenvalue weighted by Gasteiger charge is 2.27. The van der Waals surface area contributed by atoms with Gasteiger partial charge < -0.3 is 20.9 Å². The van der Waals surface area contributed by atoms with Crippen molar-refractivity contribution in [2.75, 3.05) is 28.6 Å². The summed E-state index contributed by atoms with van der Waals surface area (Å²) >= 11 is 12.1. The Hall–Kier alpha value is -2.44. The molecule has 0 bridgehead atoms. The standard InChI is InChI=1S/C21H22Cl2N4O2/c22-16-4-3-5-17(19(16)23)26-21(29)25-14-8-9-18(27-10-1-2-11-27)15(12-14)20(28)24-13-6-7-13/h3-5,8-9,12-13H,1-2,6-7,10-11H2,(H,24,28)(H2,25,26,29). The van der Waals surface area contributed by atoms with Crippen molar-refractivity contribution >= 4 is 52.2 Å². The zero-order valence-corrected chi connectivity index (χ0v) is 17.3. The number of benzene rings is 2. The van der Waals surface area contributed by atoms with Crippen LogP contribution in [0, 0.1) is 0 Å².